The number of nitrogens with one attached hydrogen (secondary N) is 3. The zero-order chi connectivity index (χ0) is 23.8. The summed E-state index contributed by atoms with van der Waals surface area (Å²) in [6.07, 6.45) is 10.6. The number of rotatable bonds is 11. The molecule has 32 heavy (non-hydrogen) atoms. The van der Waals surface area contributed by atoms with Crippen molar-refractivity contribution >= 4 is 17.9 Å². The van der Waals surface area contributed by atoms with E-state index in [0.717, 1.165) is 31.8 Å². The molecule has 7 nitrogen and oxygen atoms in total. The van der Waals surface area contributed by atoms with Crippen LogP contribution in [0.5, 0.6) is 0 Å². The van der Waals surface area contributed by atoms with Gasteiger partial charge in [-0.05, 0) is 32.8 Å². The third kappa shape index (κ3) is 13.7. The molecule has 0 bridgehead atoms. The average Bonchev–Trinajstić information content (AvgIpc) is 2.71. The second-order valence-corrected chi connectivity index (χ2v) is 8.87. The van der Waals surface area contributed by atoms with E-state index >= 15 is 0 Å². The van der Waals surface area contributed by atoms with Crippen molar-refractivity contribution in [1.29, 1.82) is 0 Å². The van der Waals surface area contributed by atoms with Crippen LogP contribution >= 0.6 is 0 Å². The van der Waals surface area contributed by atoms with Gasteiger partial charge in [0.05, 0.1) is 6.54 Å². The largest absolute Gasteiger partial charge is 0.481 e. The van der Waals surface area contributed by atoms with Crippen LogP contribution in [-0.2, 0) is 11.3 Å². The molecule has 7 heteroatoms. The number of nitrogens with zero attached hydrogens (tertiary/aromatic N) is 2. The van der Waals surface area contributed by atoms with Gasteiger partial charge in [0.15, 0.2) is 11.9 Å². The average molecular weight is 446 g/mol. The van der Waals surface area contributed by atoms with E-state index in [-0.39, 0.29) is 5.66 Å². The van der Waals surface area contributed by atoms with Gasteiger partial charge in [0.25, 0.3) is 5.97 Å². The molecule has 1 fully saturated rings. The molecule has 180 valence electrons. The first kappa shape index (κ1) is 27.5. The van der Waals surface area contributed by atoms with Gasteiger partial charge in [-0.1, -0.05) is 81.7 Å². The molecule has 1 saturated heterocycles. The highest BCUT2D eigenvalue weighted by Crippen LogP contribution is 2.09. The highest BCUT2D eigenvalue weighted by molar-refractivity contribution is 6.01. The maximum atomic E-state index is 9.00. The van der Waals surface area contributed by atoms with Gasteiger partial charge in [0.1, 0.15) is 5.66 Å². The number of carboxylic acid groups (broad SMARTS) is 1. The molecule has 0 unspecified atom stereocenters. The monoisotopic (exact) mass is 445 g/mol. The van der Waals surface area contributed by atoms with Crippen LogP contribution in [0.15, 0.2) is 34.3 Å². The van der Waals surface area contributed by atoms with Crippen LogP contribution in [0.25, 0.3) is 0 Å². The molecule has 1 aliphatic rings. The maximum absolute atomic E-state index is 9.00. The number of benzene rings is 1. The summed E-state index contributed by atoms with van der Waals surface area (Å²) in [5.41, 5.74) is 2.21. The van der Waals surface area contributed by atoms with Crippen LogP contribution in [0.1, 0.15) is 90.2 Å². The molecule has 4 N–H and O–H groups in total. The Kier molecular flexibility index (Phi) is 13.1. The molecule has 1 heterocycles. The predicted octanol–water partition coefficient (Wildman–Crippen LogP) is 4.96. The lowest BCUT2D eigenvalue weighted by molar-refractivity contribution is -0.134. The topological polar surface area (TPSA) is 98.1 Å². The third-order valence-electron chi connectivity index (χ3n) is 4.92. The van der Waals surface area contributed by atoms with E-state index in [0.29, 0.717) is 6.54 Å². The minimum Gasteiger partial charge on any atom is -0.481 e. The van der Waals surface area contributed by atoms with Crippen LogP contribution < -0.4 is 16.0 Å². The summed E-state index contributed by atoms with van der Waals surface area (Å²) in [7, 11) is 0. The first-order chi connectivity index (χ1) is 15.2. The fraction of sp³-hybridized carbons (Fsp3) is 0.640. The Hall–Kier alpha value is -2.57. The van der Waals surface area contributed by atoms with E-state index < -0.39 is 5.97 Å². The summed E-state index contributed by atoms with van der Waals surface area (Å²) in [4.78, 5) is 18.4. The summed E-state index contributed by atoms with van der Waals surface area (Å²) in [6.45, 7) is 11.1. The van der Waals surface area contributed by atoms with Crippen LogP contribution in [0.2, 0.25) is 0 Å². The molecule has 0 radical (unpaired) electrons. The van der Waals surface area contributed by atoms with Gasteiger partial charge in [-0.2, -0.15) is 0 Å². The molecular formula is C25H43N5O2. The molecule has 0 amide bonds. The highest BCUT2D eigenvalue weighted by Gasteiger charge is 2.26. The van der Waals surface area contributed by atoms with Crippen molar-refractivity contribution in [2.45, 2.75) is 98.2 Å². The number of aryl methyl sites for hydroxylation is 1. The molecule has 0 saturated carbocycles. The van der Waals surface area contributed by atoms with E-state index in [4.69, 9.17) is 19.9 Å². The first-order valence-corrected chi connectivity index (χ1v) is 11.9. The second kappa shape index (κ2) is 15.3. The lowest BCUT2D eigenvalue weighted by Crippen LogP contribution is -2.68. The van der Waals surface area contributed by atoms with Crippen LogP contribution in [-0.4, -0.2) is 35.2 Å². The van der Waals surface area contributed by atoms with Gasteiger partial charge in [-0.15, -0.1) is 0 Å². The fourth-order valence-electron chi connectivity index (χ4n) is 3.26. The minimum absolute atomic E-state index is 0.268. The Balaban J connectivity index is 0.00000118. The van der Waals surface area contributed by atoms with Gasteiger partial charge in [0, 0.05) is 13.5 Å². The number of hydrogen-bond donors (Lipinski definition) is 4. The zero-order valence-corrected chi connectivity index (χ0v) is 20.6. The molecule has 1 aliphatic heterocycles. The molecule has 0 spiro atoms. The maximum Gasteiger partial charge on any atom is 0.300 e. The highest BCUT2D eigenvalue weighted by atomic mass is 16.4. The Bertz CT molecular complexity index is 722. The molecule has 1 aromatic carbocycles. The second-order valence-electron chi connectivity index (χ2n) is 8.87. The van der Waals surface area contributed by atoms with Crippen molar-refractivity contribution in [2.75, 3.05) is 6.54 Å². The molecule has 0 aromatic heterocycles. The number of aliphatic imine (C=N–C) groups is 2. The van der Waals surface area contributed by atoms with Crippen molar-refractivity contribution < 1.29 is 9.90 Å². The van der Waals surface area contributed by atoms with E-state index in [1.54, 1.807) is 0 Å². The SMILES string of the molecule is CC(=O)O.CCCCCCCCCCN=C1NC(=NCc2ccc(C)cc2)NC(C)(C)N1. The summed E-state index contributed by atoms with van der Waals surface area (Å²) in [5, 5.41) is 17.5. The van der Waals surface area contributed by atoms with Gasteiger partial charge in [-0.3, -0.25) is 15.1 Å². The standard InChI is InChI=1S/C23H39N5.C2H4O2/c1-5-6-7-8-9-10-11-12-17-24-21-26-22(28-23(3,4)27-21)25-18-20-15-13-19(2)14-16-20;1-2(3)4/h13-16H,5-12,17-18H2,1-4H3,(H3,24,25,26,27,28);1H3,(H,3,4). The Morgan fingerprint density at radius 3 is 1.97 bits per heavy atom. The van der Waals surface area contributed by atoms with Gasteiger partial charge >= 0.3 is 0 Å². The van der Waals surface area contributed by atoms with E-state index in [9.17, 15) is 0 Å². The minimum atomic E-state index is -0.833. The van der Waals surface area contributed by atoms with E-state index in [1.807, 2.05) is 0 Å². The Morgan fingerprint density at radius 1 is 0.906 bits per heavy atom. The van der Waals surface area contributed by atoms with Crippen LogP contribution in [0, 0.1) is 6.92 Å². The number of aliphatic carboxylic acids is 1. The van der Waals surface area contributed by atoms with Crippen LogP contribution in [0.3, 0.4) is 0 Å². The lowest BCUT2D eigenvalue weighted by Gasteiger charge is -2.36. The van der Waals surface area contributed by atoms with Crippen molar-refractivity contribution in [3.63, 3.8) is 0 Å². The zero-order valence-electron chi connectivity index (χ0n) is 20.6. The van der Waals surface area contributed by atoms with Crippen molar-refractivity contribution in [1.82, 2.24) is 16.0 Å². The smallest absolute Gasteiger partial charge is 0.300 e. The number of carbonyl (C=O) groups is 1. The van der Waals surface area contributed by atoms with E-state index in [1.165, 1.54) is 56.1 Å². The molecule has 1 aromatic rings. The predicted molar refractivity (Wildman–Crippen MR) is 134 cm³/mol. The van der Waals surface area contributed by atoms with Crippen molar-refractivity contribution in [3.8, 4) is 0 Å². The molecule has 0 aliphatic carbocycles. The number of guanidine groups is 2. The van der Waals surface area contributed by atoms with Crippen molar-refractivity contribution in [2.24, 2.45) is 9.98 Å². The number of unbranched alkanes of at least 4 members (excludes halogenated alkanes) is 7. The number of hydrogen-bond acceptors (Lipinski definition) is 3. The lowest BCUT2D eigenvalue weighted by atomic mass is 10.1. The first-order valence-electron chi connectivity index (χ1n) is 11.9. The van der Waals surface area contributed by atoms with Crippen LogP contribution in [0.4, 0.5) is 0 Å². The molecule has 2 rings (SSSR count). The fourth-order valence-corrected chi connectivity index (χ4v) is 3.26. The quantitative estimate of drug-likeness (QED) is 0.361. The molecular weight excluding hydrogens is 402 g/mol. The molecule has 0 atom stereocenters. The van der Waals surface area contributed by atoms with Gasteiger partial charge in [-0.25, -0.2) is 4.99 Å². The third-order valence-corrected chi connectivity index (χ3v) is 4.92. The Labute approximate surface area is 194 Å². The summed E-state index contributed by atoms with van der Waals surface area (Å²) in [5.74, 6) is 0.758. The van der Waals surface area contributed by atoms with Crippen molar-refractivity contribution in [3.05, 3.63) is 35.4 Å². The van der Waals surface area contributed by atoms with E-state index in [2.05, 4.69) is 67.9 Å². The Morgan fingerprint density at radius 2 is 1.41 bits per heavy atom. The summed E-state index contributed by atoms with van der Waals surface area (Å²) >= 11 is 0. The van der Waals surface area contributed by atoms with Gasteiger partial charge < -0.3 is 15.7 Å². The summed E-state index contributed by atoms with van der Waals surface area (Å²) in [6, 6.07) is 8.50. The normalized spacial score (nSPS) is 17.0. The number of carboxylic acids is 1. The van der Waals surface area contributed by atoms with Gasteiger partial charge in [0.2, 0.25) is 0 Å². The summed E-state index contributed by atoms with van der Waals surface area (Å²) < 4.78 is 0.